The number of fused-ring (bicyclic) bond motifs is 1. The average Bonchev–Trinajstić information content (AvgIpc) is 3.19. The molecule has 0 spiro atoms. The van der Waals surface area contributed by atoms with Gasteiger partial charge in [0.05, 0.1) is 5.69 Å². The van der Waals surface area contributed by atoms with Gasteiger partial charge in [-0.2, -0.15) is 9.61 Å². The van der Waals surface area contributed by atoms with Gasteiger partial charge < -0.3 is 16.0 Å². The lowest BCUT2D eigenvalue weighted by Crippen LogP contribution is -2.29. The molecule has 4 aromatic rings. The molecule has 9 heteroatoms. The molecule has 0 fully saturated rings. The van der Waals surface area contributed by atoms with Gasteiger partial charge in [0, 0.05) is 41.6 Å². The molecular weight excluding hydrogens is 435 g/mol. The Morgan fingerprint density at radius 2 is 2.00 bits per heavy atom. The fourth-order valence-electron chi connectivity index (χ4n) is 3.51. The Bertz CT molecular complexity index is 1280. The number of benzene rings is 2. The van der Waals surface area contributed by atoms with Crippen molar-refractivity contribution in [3.05, 3.63) is 71.4 Å². The molecule has 0 atom stereocenters. The number of hydrogen-bond donors (Lipinski definition) is 3. The van der Waals surface area contributed by atoms with E-state index >= 15 is 0 Å². The fourth-order valence-corrected chi connectivity index (χ4v) is 3.74. The third-order valence-corrected chi connectivity index (χ3v) is 5.60. The molecule has 2 aromatic carbocycles. The van der Waals surface area contributed by atoms with Gasteiger partial charge in [-0.1, -0.05) is 55.3 Å². The van der Waals surface area contributed by atoms with Gasteiger partial charge in [-0.3, -0.25) is 0 Å². The highest BCUT2D eigenvalue weighted by atomic mass is 35.5. The van der Waals surface area contributed by atoms with E-state index < -0.39 is 0 Å². The fraction of sp³-hybridized carbons (Fsp3) is 0.208. The second kappa shape index (κ2) is 10.4. The molecule has 0 saturated carbocycles. The maximum Gasteiger partial charge on any atom is 0.319 e. The summed E-state index contributed by atoms with van der Waals surface area (Å²) in [5, 5.41) is 14.3. The number of aromatic nitrogens is 3. The van der Waals surface area contributed by atoms with Crippen LogP contribution in [-0.4, -0.2) is 35.0 Å². The molecular formula is C24H26BClN6O. The maximum absolute atomic E-state index is 12.1. The van der Waals surface area contributed by atoms with Gasteiger partial charge in [0.1, 0.15) is 13.7 Å². The van der Waals surface area contributed by atoms with Crippen LogP contribution in [0.25, 0.3) is 16.9 Å². The summed E-state index contributed by atoms with van der Waals surface area (Å²) in [6.07, 6.45) is 3.80. The Morgan fingerprint density at radius 1 is 1.15 bits per heavy atom. The Labute approximate surface area is 199 Å². The minimum absolute atomic E-state index is 0.194. The average molecular weight is 461 g/mol. The van der Waals surface area contributed by atoms with Crippen LogP contribution in [0.4, 0.5) is 16.3 Å². The van der Waals surface area contributed by atoms with Gasteiger partial charge in [-0.25, -0.2) is 9.78 Å². The van der Waals surface area contributed by atoms with Crippen LogP contribution in [0.1, 0.15) is 25.3 Å². The smallest absolute Gasteiger partial charge is 0.319 e. The first-order chi connectivity index (χ1) is 16.0. The van der Waals surface area contributed by atoms with Crippen molar-refractivity contribution in [1.29, 1.82) is 0 Å². The highest BCUT2D eigenvalue weighted by Gasteiger charge is 2.12. The molecule has 0 unspecified atom stereocenters. The molecule has 3 N–H and O–H groups in total. The first-order valence-electron chi connectivity index (χ1n) is 11.0. The third kappa shape index (κ3) is 5.46. The largest absolute Gasteiger partial charge is 0.366 e. The summed E-state index contributed by atoms with van der Waals surface area (Å²) in [7, 11) is 1.98. The predicted molar refractivity (Wildman–Crippen MR) is 137 cm³/mol. The highest BCUT2D eigenvalue weighted by molar-refractivity contribution is 6.36. The zero-order valence-electron chi connectivity index (χ0n) is 18.7. The molecule has 2 aromatic heterocycles. The van der Waals surface area contributed by atoms with Crippen molar-refractivity contribution < 1.29 is 4.79 Å². The molecule has 168 valence electrons. The number of amides is 2. The van der Waals surface area contributed by atoms with E-state index in [1.54, 1.807) is 10.7 Å². The van der Waals surface area contributed by atoms with Gasteiger partial charge in [-0.05, 0) is 35.6 Å². The van der Waals surface area contributed by atoms with Crippen LogP contribution < -0.4 is 21.4 Å². The summed E-state index contributed by atoms with van der Waals surface area (Å²) < 4.78 is 1.79. The summed E-state index contributed by atoms with van der Waals surface area (Å²) in [4.78, 5) is 16.8. The lowest BCUT2D eigenvalue weighted by Gasteiger charge is -2.13. The summed E-state index contributed by atoms with van der Waals surface area (Å²) in [6, 6.07) is 17.2. The molecule has 0 aliphatic rings. The second-order valence-corrected chi connectivity index (χ2v) is 8.27. The van der Waals surface area contributed by atoms with Crippen LogP contribution in [0.15, 0.2) is 60.8 Å². The minimum atomic E-state index is -0.194. The summed E-state index contributed by atoms with van der Waals surface area (Å²) >= 11 is 6.43. The van der Waals surface area contributed by atoms with E-state index in [1.165, 1.54) is 0 Å². The quantitative estimate of drug-likeness (QED) is 0.275. The normalized spacial score (nSPS) is 10.8. The zero-order valence-corrected chi connectivity index (χ0v) is 19.5. The van der Waals surface area contributed by atoms with Gasteiger partial charge in [-0.15, -0.1) is 0 Å². The molecule has 0 radical (unpaired) electrons. The number of carbonyl (C=O) groups is 1. The SMILES string of the molecule is Bc1cnn2c(NCc3cccc(NC(=O)NCCCC)c3)cc(-c3ccccc3Cl)nc12. The molecule has 0 aliphatic heterocycles. The van der Waals surface area contributed by atoms with Gasteiger partial charge in [0.15, 0.2) is 5.65 Å². The first kappa shape index (κ1) is 22.7. The van der Waals surface area contributed by atoms with Crippen molar-refractivity contribution in [3.63, 3.8) is 0 Å². The maximum atomic E-state index is 12.1. The molecule has 7 nitrogen and oxygen atoms in total. The van der Waals surface area contributed by atoms with Crippen LogP contribution in [0, 0.1) is 0 Å². The van der Waals surface area contributed by atoms with Gasteiger partial charge >= 0.3 is 6.03 Å². The van der Waals surface area contributed by atoms with Crippen molar-refractivity contribution in [2.75, 3.05) is 17.2 Å². The van der Waals surface area contributed by atoms with Crippen LogP contribution in [-0.2, 0) is 6.54 Å². The van der Waals surface area contributed by atoms with E-state index in [2.05, 4.69) is 28.0 Å². The summed E-state index contributed by atoms with van der Waals surface area (Å²) in [5.41, 5.74) is 5.16. The van der Waals surface area contributed by atoms with Crippen molar-refractivity contribution in [1.82, 2.24) is 19.9 Å². The predicted octanol–water partition coefficient (Wildman–Crippen LogP) is 3.84. The van der Waals surface area contributed by atoms with Crippen molar-refractivity contribution in [2.24, 2.45) is 0 Å². The topological polar surface area (TPSA) is 83.3 Å². The van der Waals surface area contributed by atoms with Gasteiger partial charge in [0.25, 0.3) is 0 Å². The monoisotopic (exact) mass is 460 g/mol. The lowest BCUT2D eigenvalue weighted by molar-refractivity contribution is 0.252. The number of anilines is 2. The zero-order chi connectivity index (χ0) is 23.2. The Kier molecular flexibility index (Phi) is 7.15. The first-order valence-corrected chi connectivity index (χ1v) is 11.4. The molecule has 0 aliphatic carbocycles. The van der Waals surface area contributed by atoms with E-state index in [9.17, 15) is 4.79 Å². The van der Waals surface area contributed by atoms with E-state index in [1.807, 2.05) is 62.4 Å². The van der Waals surface area contributed by atoms with Crippen LogP contribution in [0.2, 0.25) is 5.02 Å². The number of carbonyl (C=O) groups excluding carboxylic acids is 1. The molecule has 0 saturated heterocycles. The number of nitrogens with zero attached hydrogens (tertiary/aromatic N) is 3. The third-order valence-electron chi connectivity index (χ3n) is 5.27. The Morgan fingerprint density at radius 3 is 2.82 bits per heavy atom. The molecule has 33 heavy (non-hydrogen) atoms. The van der Waals surface area contributed by atoms with E-state index in [4.69, 9.17) is 16.6 Å². The number of halogens is 1. The Hall–Kier alpha value is -3.52. The van der Waals surface area contributed by atoms with E-state index in [0.717, 1.165) is 52.3 Å². The van der Waals surface area contributed by atoms with Crippen LogP contribution >= 0.6 is 11.6 Å². The molecule has 4 rings (SSSR count). The standard InChI is InChI=1S/C24H26BClN6O/c1-2-3-11-27-24(33)30-17-8-6-7-16(12-17)14-28-22-13-21(18-9-4-5-10-20(18)26)31-23-19(25)15-29-32(22)23/h4-10,12-13,15,28H,2-3,11,14,25H2,1H3,(H2,27,30,33). The van der Waals surface area contributed by atoms with Crippen LogP contribution in [0.5, 0.6) is 0 Å². The van der Waals surface area contributed by atoms with Crippen molar-refractivity contribution in [3.8, 4) is 11.3 Å². The van der Waals surface area contributed by atoms with Crippen molar-refractivity contribution >= 4 is 48.1 Å². The summed E-state index contributed by atoms with van der Waals surface area (Å²) in [6.45, 7) is 3.31. The Balaban J connectivity index is 1.54. The minimum Gasteiger partial charge on any atom is -0.366 e. The molecule has 2 heterocycles. The van der Waals surface area contributed by atoms with Crippen LogP contribution in [0.3, 0.4) is 0 Å². The summed E-state index contributed by atoms with van der Waals surface area (Å²) in [5.74, 6) is 0.804. The number of rotatable bonds is 8. The van der Waals surface area contributed by atoms with Gasteiger partial charge in [0.2, 0.25) is 0 Å². The van der Waals surface area contributed by atoms with Crippen molar-refractivity contribution in [2.45, 2.75) is 26.3 Å². The lowest BCUT2D eigenvalue weighted by atomic mass is 10.0. The van der Waals surface area contributed by atoms with E-state index in [0.29, 0.717) is 18.1 Å². The number of urea groups is 1. The highest BCUT2D eigenvalue weighted by Crippen LogP contribution is 2.28. The van der Waals surface area contributed by atoms with E-state index in [-0.39, 0.29) is 6.03 Å². The molecule has 0 bridgehead atoms. The number of nitrogens with one attached hydrogen (secondary N) is 3. The second-order valence-electron chi connectivity index (χ2n) is 7.86. The molecule has 2 amide bonds. The number of unbranched alkanes of at least 4 members (excludes halogenated alkanes) is 1. The number of hydrogen-bond acceptors (Lipinski definition) is 4.